The van der Waals surface area contributed by atoms with Gasteiger partial charge in [0.2, 0.25) is 5.91 Å². The monoisotopic (exact) mass is 1130 g/mol. The lowest BCUT2D eigenvalue weighted by Gasteiger charge is -2.28. The van der Waals surface area contributed by atoms with Gasteiger partial charge in [-0.3, -0.25) is 48.3 Å². The van der Waals surface area contributed by atoms with Crippen LogP contribution >= 0.6 is 0 Å². The van der Waals surface area contributed by atoms with Crippen molar-refractivity contribution in [3.63, 3.8) is 0 Å². The smallest absolute Gasteiger partial charge is 0.317 e. The van der Waals surface area contributed by atoms with Crippen LogP contribution in [-0.4, -0.2) is 180 Å². The van der Waals surface area contributed by atoms with Crippen LogP contribution in [0.15, 0.2) is 72.9 Å². The van der Waals surface area contributed by atoms with E-state index in [1.807, 2.05) is 0 Å². The molecule has 0 heterocycles. The van der Waals surface area contributed by atoms with Crippen molar-refractivity contribution in [1.82, 2.24) is 19.6 Å². The molecule has 0 spiro atoms. The Hall–Kier alpha value is -5.43. The minimum absolute atomic E-state index is 0.0124. The molecule has 0 aromatic rings. The van der Waals surface area contributed by atoms with Gasteiger partial charge in [-0.1, -0.05) is 151 Å². The van der Waals surface area contributed by atoms with Crippen LogP contribution in [0.5, 0.6) is 0 Å². The van der Waals surface area contributed by atoms with Crippen molar-refractivity contribution >= 4 is 41.7 Å². The van der Waals surface area contributed by atoms with Crippen LogP contribution in [0.4, 0.5) is 0 Å². The van der Waals surface area contributed by atoms with Gasteiger partial charge in [-0.25, -0.2) is 0 Å². The number of ether oxygens (including phenoxy) is 3. The quantitative estimate of drug-likeness (QED) is 0.0251. The third-order valence-electron chi connectivity index (χ3n) is 12.8. The molecule has 0 rings (SSSR count). The van der Waals surface area contributed by atoms with Crippen molar-refractivity contribution in [2.24, 2.45) is 0 Å². The lowest BCUT2D eigenvalue weighted by Crippen LogP contribution is -2.46. The fraction of sp³-hybridized carbons (Fsp3) is 0.694. The molecule has 456 valence electrons. The van der Waals surface area contributed by atoms with Gasteiger partial charge >= 0.3 is 35.8 Å². The number of aliphatic carboxylic acids is 4. The number of rotatable bonds is 56. The lowest BCUT2D eigenvalue weighted by molar-refractivity contribution is -0.163. The number of likely N-dealkylation sites (N-methyl/N-ethyl adjacent to an activating group) is 1. The summed E-state index contributed by atoms with van der Waals surface area (Å²) in [6, 6.07) is 0. The summed E-state index contributed by atoms with van der Waals surface area (Å²) in [7, 11) is 1.65. The summed E-state index contributed by atoms with van der Waals surface area (Å²) in [5, 5.41) is 37.2. The molecular weight excluding hydrogens is 1020 g/mol. The minimum Gasteiger partial charge on any atom is -0.480 e. The van der Waals surface area contributed by atoms with Gasteiger partial charge in [0.05, 0.1) is 39.3 Å². The Morgan fingerprint density at radius 3 is 1.25 bits per heavy atom. The number of hydrogen-bond donors (Lipinski definition) is 4. The molecule has 1 atom stereocenters. The summed E-state index contributed by atoms with van der Waals surface area (Å²) in [5.74, 6) is -5.71. The van der Waals surface area contributed by atoms with E-state index >= 15 is 0 Å². The maximum Gasteiger partial charge on any atom is 0.317 e. The first-order chi connectivity index (χ1) is 38.7. The molecule has 0 aliphatic rings. The first-order valence-electron chi connectivity index (χ1n) is 29.8. The Morgan fingerprint density at radius 2 is 0.775 bits per heavy atom. The molecule has 1 amide bonds. The predicted molar refractivity (Wildman–Crippen MR) is 315 cm³/mol. The number of esters is 2. The SMILES string of the molecule is CC/C=C/C/C=C/C/C=C/CCCCCCCC(=O)OCC(COCCCCCCCCN(C)C(=O)CN(CCN(CCN(CC(=O)O)CC(=O)O)CC(=O)O)CC(=O)O)OC(=O)CCCCCCC/C=C/C/C=C/C/C=C/CC. The normalized spacial score (nSPS) is 12.5. The first kappa shape index (κ1) is 74.6. The van der Waals surface area contributed by atoms with Crippen LogP contribution in [0.3, 0.4) is 0 Å². The van der Waals surface area contributed by atoms with Crippen molar-refractivity contribution in [1.29, 1.82) is 0 Å². The van der Waals surface area contributed by atoms with E-state index in [0.717, 1.165) is 159 Å². The Balaban J connectivity index is 4.84. The number of carboxylic acids is 4. The molecule has 18 heteroatoms. The molecule has 0 radical (unpaired) electrons. The van der Waals surface area contributed by atoms with Crippen molar-refractivity contribution in [3.05, 3.63) is 72.9 Å². The maximum absolute atomic E-state index is 13.1. The van der Waals surface area contributed by atoms with Crippen molar-refractivity contribution < 1.29 is 68.2 Å². The fourth-order valence-corrected chi connectivity index (χ4v) is 8.34. The number of nitrogens with zero attached hydrogens (tertiary/aromatic N) is 4. The number of carbonyl (C=O) groups is 7. The third-order valence-corrected chi connectivity index (χ3v) is 12.8. The molecule has 0 bridgehead atoms. The summed E-state index contributed by atoms with van der Waals surface area (Å²) in [6.07, 6.45) is 49.6. The summed E-state index contributed by atoms with van der Waals surface area (Å²) < 4.78 is 17.3. The van der Waals surface area contributed by atoms with Gasteiger partial charge < -0.3 is 39.5 Å². The number of hydrogen-bond acceptors (Lipinski definition) is 13. The van der Waals surface area contributed by atoms with Gasteiger partial charge in [-0.2, -0.15) is 0 Å². The van der Waals surface area contributed by atoms with Gasteiger partial charge in [0.15, 0.2) is 6.10 Å². The summed E-state index contributed by atoms with van der Waals surface area (Å²) >= 11 is 0. The number of carbonyl (C=O) groups excluding carboxylic acids is 3. The molecule has 0 aromatic carbocycles. The van der Waals surface area contributed by atoms with E-state index in [2.05, 4.69) is 86.8 Å². The number of unbranched alkanes of at least 4 members (excludes halogenated alkanes) is 15. The molecule has 80 heavy (non-hydrogen) atoms. The Labute approximate surface area is 480 Å². The maximum atomic E-state index is 13.1. The van der Waals surface area contributed by atoms with E-state index in [-0.39, 0.29) is 63.8 Å². The molecular formula is C62H104N4O14. The van der Waals surface area contributed by atoms with E-state index in [1.165, 1.54) is 9.80 Å². The zero-order valence-corrected chi connectivity index (χ0v) is 49.2. The van der Waals surface area contributed by atoms with Crippen molar-refractivity contribution in [2.45, 2.75) is 187 Å². The lowest BCUT2D eigenvalue weighted by atomic mass is 10.1. The highest BCUT2D eigenvalue weighted by Crippen LogP contribution is 2.13. The van der Waals surface area contributed by atoms with Gasteiger partial charge in [0.25, 0.3) is 0 Å². The van der Waals surface area contributed by atoms with Gasteiger partial charge in [-0.05, 0) is 89.9 Å². The fourth-order valence-electron chi connectivity index (χ4n) is 8.34. The highest BCUT2D eigenvalue weighted by molar-refractivity contribution is 5.79. The molecule has 0 aliphatic heterocycles. The number of allylic oxidation sites excluding steroid dienone is 12. The molecule has 18 nitrogen and oxygen atoms in total. The predicted octanol–water partition coefficient (Wildman–Crippen LogP) is 10.7. The second-order valence-electron chi connectivity index (χ2n) is 20.3. The molecule has 0 aliphatic carbocycles. The summed E-state index contributed by atoms with van der Waals surface area (Å²) in [4.78, 5) is 89.8. The second kappa shape index (κ2) is 54.2. The molecule has 0 aromatic heterocycles. The summed E-state index contributed by atoms with van der Waals surface area (Å²) in [5.41, 5.74) is 0. The molecule has 1 unspecified atom stereocenters. The van der Waals surface area contributed by atoms with Gasteiger partial charge in [0.1, 0.15) is 6.61 Å². The van der Waals surface area contributed by atoms with Crippen molar-refractivity contribution in [3.8, 4) is 0 Å². The highest BCUT2D eigenvalue weighted by atomic mass is 16.6. The Bertz CT molecular complexity index is 1820. The van der Waals surface area contributed by atoms with Crippen LogP contribution in [0.2, 0.25) is 0 Å². The first-order valence-corrected chi connectivity index (χ1v) is 29.8. The zero-order chi connectivity index (χ0) is 59.1. The second-order valence-corrected chi connectivity index (χ2v) is 20.3. The zero-order valence-electron chi connectivity index (χ0n) is 49.2. The average molecular weight is 1130 g/mol. The van der Waals surface area contributed by atoms with E-state index in [0.29, 0.717) is 26.0 Å². The molecule has 0 saturated heterocycles. The van der Waals surface area contributed by atoms with E-state index in [9.17, 15) is 43.8 Å². The van der Waals surface area contributed by atoms with Crippen LogP contribution < -0.4 is 0 Å². The third kappa shape index (κ3) is 52.0. The van der Waals surface area contributed by atoms with Crippen LogP contribution in [0.25, 0.3) is 0 Å². The molecule has 0 fully saturated rings. The minimum atomic E-state index is -1.23. The van der Waals surface area contributed by atoms with Crippen molar-refractivity contribution in [2.75, 3.05) is 92.3 Å². The van der Waals surface area contributed by atoms with E-state index < -0.39 is 56.2 Å². The average Bonchev–Trinajstić information content (AvgIpc) is 3.40. The topological polar surface area (TPSA) is 241 Å². The van der Waals surface area contributed by atoms with E-state index in [1.54, 1.807) is 11.9 Å². The Kier molecular flexibility index (Phi) is 50.5. The molecule has 4 N–H and O–H groups in total. The summed E-state index contributed by atoms with van der Waals surface area (Å²) in [6.45, 7) is 3.11. The largest absolute Gasteiger partial charge is 0.480 e. The van der Waals surface area contributed by atoms with Gasteiger partial charge in [-0.15, -0.1) is 0 Å². The van der Waals surface area contributed by atoms with Gasteiger partial charge in [0, 0.05) is 59.2 Å². The molecule has 0 saturated carbocycles. The van der Waals surface area contributed by atoms with Crippen LogP contribution in [0, 0.1) is 0 Å². The van der Waals surface area contributed by atoms with Crippen LogP contribution in [0.1, 0.15) is 181 Å². The van der Waals surface area contributed by atoms with E-state index in [4.69, 9.17) is 24.4 Å². The van der Waals surface area contributed by atoms with Crippen LogP contribution in [-0.2, 0) is 47.8 Å². The highest BCUT2D eigenvalue weighted by Gasteiger charge is 2.21. The standard InChI is InChI=1S/C62H104N4O14/c1-4-6-8-10-12-14-16-18-20-22-24-26-28-32-36-40-61(76)79-54-55(80-62(77)41-37-33-29-27-25-23-21-19-17-15-13-11-9-7-5-2)53-78-47-39-35-31-30-34-38-42-63(3)56(67)48-65(50-58(70)71)45-43-64(49-57(68)69)44-46-66(51-59(72)73)52-60(74)75/h6-9,12-15,18-21,55H,4-5,10-11,16-17,22-54H2,1-3H3,(H,68,69)(H,70,71)(H,72,73)(H,74,75)/b8-6+,9-7+,14-12+,15-13+,20-18+,21-19+. The number of amides is 1. The number of carboxylic acid groups (broad SMARTS) is 4. The Morgan fingerprint density at radius 1 is 0.400 bits per heavy atom.